The average Bonchev–Trinajstić information content (AvgIpc) is 2.32. The van der Waals surface area contributed by atoms with Crippen LogP contribution in [0.3, 0.4) is 0 Å². The number of nitrogens with one attached hydrogen (secondary N) is 1. The second kappa shape index (κ2) is 6.62. The minimum atomic E-state index is -3.67. The van der Waals surface area contributed by atoms with E-state index in [0.717, 1.165) is 6.42 Å². The molecule has 1 aliphatic rings. The molecule has 4 nitrogen and oxygen atoms in total. The highest BCUT2D eigenvalue weighted by Crippen LogP contribution is 2.30. The Kier molecular flexibility index (Phi) is 5.31. The van der Waals surface area contributed by atoms with E-state index in [9.17, 15) is 8.42 Å². The second-order valence-corrected chi connectivity index (χ2v) is 7.57. The summed E-state index contributed by atoms with van der Waals surface area (Å²) in [4.78, 5) is -0.0405. The number of sulfonamides is 1. The van der Waals surface area contributed by atoms with Crippen molar-refractivity contribution in [3.8, 4) is 0 Å². The van der Waals surface area contributed by atoms with Crippen LogP contribution in [-0.4, -0.2) is 20.1 Å². The van der Waals surface area contributed by atoms with Crippen LogP contribution in [0.25, 0.3) is 0 Å². The summed E-state index contributed by atoms with van der Waals surface area (Å²) in [5.41, 5.74) is 0.343. The maximum atomic E-state index is 12.2. The smallest absolute Gasteiger partial charge is 0.242 e. The number of rotatable bonds is 6. The van der Waals surface area contributed by atoms with E-state index in [1.165, 1.54) is 31.4 Å². The highest BCUT2D eigenvalue weighted by Gasteiger charge is 2.22. The third kappa shape index (κ3) is 3.65. The molecule has 0 atom stereocenters. The lowest BCUT2D eigenvalue weighted by Crippen LogP contribution is -2.28. The van der Waals surface area contributed by atoms with Crippen molar-refractivity contribution in [2.24, 2.45) is 5.92 Å². The first-order valence-electron chi connectivity index (χ1n) is 6.52. The van der Waals surface area contributed by atoms with Crippen molar-refractivity contribution in [3.63, 3.8) is 0 Å². The normalized spacial score (nSPS) is 16.1. The maximum Gasteiger partial charge on any atom is 0.242 e. The quantitative estimate of drug-likeness (QED) is 0.838. The van der Waals surface area contributed by atoms with Gasteiger partial charge in [-0.1, -0.05) is 42.5 Å². The molecule has 0 amide bonds. The Bertz CT molecular complexity index is 586. The molecule has 0 aliphatic heterocycles. The summed E-state index contributed by atoms with van der Waals surface area (Å²) >= 11 is 11.8. The summed E-state index contributed by atoms with van der Waals surface area (Å²) in [6.07, 6.45) is 4.44. The van der Waals surface area contributed by atoms with Crippen molar-refractivity contribution >= 4 is 33.2 Å². The number of benzene rings is 1. The van der Waals surface area contributed by atoms with E-state index in [2.05, 4.69) is 4.72 Å². The molecule has 0 aromatic heterocycles. The van der Waals surface area contributed by atoms with Gasteiger partial charge < -0.3 is 5.11 Å². The van der Waals surface area contributed by atoms with Crippen molar-refractivity contribution in [1.29, 1.82) is 0 Å². The Hall–Kier alpha value is -0.330. The predicted octanol–water partition coefficient (Wildman–Crippen LogP) is 2.95. The summed E-state index contributed by atoms with van der Waals surface area (Å²) in [6.45, 7) is 0.0704. The number of hydrogen-bond acceptors (Lipinski definition) is 3. The van der Waals surface area contributed by atoms with Gasteiger partial charge in [0.1, 0.15) is 4.90 Å². The third-order valence-electron chi connectivity index (χ3n) is 3.63. The van der Waals surface area contributed by atoms with E-state index in [-0.39, 0.29) is 21.5 Å². The highest BCUT2D eigenvalue weighted by molar-refractivity contribution is 7.89. The van der Waals surface area contributed by atoms with Crippen LogP contribution in [0.4, 0.5) is 0 Å². The van der Waals surface area contributed by atoms with E-state index in [0.29, 0.717) is 18.0 Å². The average molecular weight is 338 g/mol. The lowest BCUT2D eigenvalue weighted by molar-refractivity contribution is 0.281. The van der Waals surface area contributed by atoms with Gasteiger partial charge in [-0.25, -0.2) is 13.1 Å². The van der Waals surface area contributed by atoms with Crippen molar-refractivity contribution in [1.82, 2.24) is 4.72 Å². The number of hydrogen-bond donors (Lipinski definition) is 2. The van der Waals surface area contributed by atoms with E-state index < -0.39 is 10.0 Å². The standard InChI is InChI=1S/C13H17Cl2NO3S/c14-11-7-12(15)13(6-10(11)8-17)20(18,19)16-5-4-9-2-1-3-9/h6-7,9,16-17H,1-5,8H2. The van der Waals surface area contributed by atoms with Crippen molar-refractivity contribution in [3.05, 3.63) is 27.7 Å². The Labute approximate surface area is 129 Å². The molecule has 0 radical (unpaired) electrons. The molecule has 0 bridgehead atoms. The van der Waals surface area contributed by atoms with E-state index >= 15 is 0 Å². The molecule has 0 heterocycles. The minimum absolute atomic E-state index is 0.0405. The first-order valence-corrected chi connectivity index (χ1v) is 8.76. The number of halogens is 2. The minimum Gasteiger partial charge on any atom is -0.392 e. The van der Waals surface area contributed by atoms with Gasteiger partial charge in [-0.2, -0.15) is 0 Å². The van der Waals surface area contributed by atoms with Gasteiger partial charge in [-0.3, -0.25) is 0 Å². The van der Waals surface area contributed by atoms with E-state index in [1.807, 2.05) is 0 Å². The number of aliphatic hydroxyl groups is 1. The summed E-state index contributed by atoms with van der Waals surface area (Å²) < 4.78 is 26.9. The highest BCUT2D eigenvalue weighted by atomic mass is 35.5. The van der Waals surface area contributed by atoms with Gasteiger partial charge in [0.15, 0.2) is 0 Å². The maximum absolute atomic E-state index is 12.2. The molecule has 1 fully saturated rings. The predicted molar refractivity (Wildman–Crippen MR) is 79.5 cm³/mol. The summed E-state index contributed by atoms with van der Waals surface area (Å²) in [7, 11) is -3.67. The molecule has 112 valence electrons. The van der Waals surface area contributed by atoms with Crippen LogP contribution in [-0.2, 0) is 16.6 Å². The zero-order chi connectivity index (χ0) is 14.8. The van der Waals surface area contributed by atoms with E-state index in [4.69, 9.17) is 28.3 Å². The van der Waals surface area contributed by atoms with Crippen LogP contribution in [0.1, 0.15) is 31.2 Å². The fourth-order valence-electron chi connectivity index (χ4n) is 2.15. The van der Waals surface area contributed by atoms with Crippen LogP contribution < -0.4 is 4.72 Å². The molecule has 0 saturated heterocycles. The first kappa shape index (κ1) is 16.0. The van der Waals surface area contributed by atoms with Crippen LogP contribution >= 0.6 is 23.2 Å². The lowest BCUT2D eigenvalue weighted by Gasteiger charge is -2.25. The molecule has 1 aromatic carbocycles. The molecule has 2 rings (SSSR count). The largest absolute Gasteiger partial charge is 0.392 e. The van der Waals surface area contributed by atoms with Crippen LogP contribution in [0.2, 0.25) is 10.0 Å². The molecule has 2 N–H and O–H groups in total. The Balaban J connectivity index is 2.11. The van der Waals surface area contributed by atoms with Gasteiger partial charge in [-0.15, -0.1) is 0 Å². The van der Waals surface area contributed by atoms with Crippen LogP contribution in [0.5, 0.6) is 0 Å². The monoisotopic (exact) mass is 337 g/mol. The second-order valence-electron chi connectivity index (χ2n) is 5.02. The third-order valence-corrected chi connectivity index (χ3v) is 5.91. The summed E-state index contributed by atoms with van der Waals surface area (Å²) in [6, 6.07) is 2.66. The fraction of sp³-hybridized carbons (Fsp3) is 0.538. The van der Waals surface area contributed by atoms with Gasteiger partial charge >= 0.3 is 0 Å². The Morgan fingerprint density at radius 3 is 2.50 bits per heavy atom. The van der Waals surface area contributed by atoms with Crippen molar-refractivity contribution in [2.75, 3.05) is 6.54 Å². The molecular weight excluding hydrogens is 321 g/mol. The van der Waals surface area contributed by atoms with Crippen LogP contribution in [0.15, 0.2) is 17.0 Å². The van der Waals surface area contributed by atoms with Gasteiger partial charge in [0.05, 0.1) is 11.6 Å². The fourth-order valence-corrected chi connectivity index (χ4v) is 4.06. The molecular formula is C13H17Cl2NO3S. The SMILES string of the molecule is O=S(=O)(NCCC1CCC1)c1cc(CO)c(Cl)cc1Cl. The summed E-state index contributed by atoms with van der Waals surface area (Å²) in [5.74, 6) is 0.631. The van der Waals surface area contributed by atoms with Gasteiger partial charge in [0.25, 0.3) is 0 Å². The topological polar surface area (TPSA) is 66.4 Å². The molecule has 1 aliphatic carbocycles. The molecule has 1 saturated carbocycles. The zero-order valence-corrected chi connectivity index (χ0v) is 13.2. The summed E-state index contributed by atoms with van der Waals surface area (Å²) in [5, 5.41) is 9.46. The van der Waals surface area contributed by atoms with Crippen LogP contribution in [0, 0.1) is 5.92 Å². The molecule has 7 heteroatoms. The van der Waals surface area contributed by atoms with Gasteiger partial charge in [0, 0.05) is 11.6 Å². The van der Waals surface area contributed by atoms with Gasteiger partial charge in [-0.05, 0) is 30.0 Å². The van der Waals surface area contributed by atoms with Crippen molar-refractivity contribution < 1.29 is 13.5 Å². The molecule has 20 heavy (non-hydrogen) atoms. The van der Waals surface area contributed by atoms with Crippen molar-refractivity contribution in [2.45, 2.75) is 37.2 Å². The van der Waals surface area contributed by atoms with E-state index in [1.54, 1.807) is 0 Å². The number of aliphatic hydroxyl groups excluding tert-OH is 1. The first-order chi connectivity index (χ1) is 9.44. The molecule has 1 aromatic rings. The zero-order valence-electron chi connectivity index (χ0n) is 10.9. The van der Waals surface area contributed by atoms with Gasteiger partial charge in [0.2, 0.25) is 10.0 Å². The lowest BCUT2D eigenvalue weighted by atomic mass is 9.83. The molecule has 0 unspecified atom stereocenters. The Morgan fingerprint density at radius 2 is 1.95 bits per heavy atom. The molecule has 0 spiro atoms. The Morgan fingerprint density at radius 1 is 1.25 bits per heavy atom.